The Morgan fingerprint density at radius 2 is 1.95 bits per heavy atom. The number of hydrogen-bond acceptors (Lipinski definition) is 3. The number of aromatic nitrogens is 2. The molecule has 0 bridgehead atoms. The SMILES string of the molecule is COc1ccc2c(c1)nc(N)n2-c1ccc(Br)c(Cl)c1Cl. The highest BCUT2D eigenvalue weighted by Crippen LogP contribution is 2.37. The van der Waals surface area contributed by atoms with Gasteiger partial charge < -0.3 is 10.5 Å². The van der Waals surface area contributed by atoms with Gasteiger partial charge >= 0.3 is 0 Å². The molecule has 1 heterocycles. The van der Waals surface area contributed by atoms with Crippen LogP contribution >= 0.6 is 39.1 Å². The zero-order valence-corrected chi connectivity index (χ0v) is 14.0. The molecule has 7 heteroatoms. The lowest BCUT2D eigenvalue weighted by Crippen LogP contribution is -2.01. The number of rotatable bonds is 2. The number of imidazole rings is 1. The van der Waals surface area contributed by atoms with Gasteiger partial charge in [0.05, 0.1) is 33.9 Å². The minimum atomic E-state index is 0.332. The van der Waals surface area contributed by atoms with Crippen molar-refractivity contribution in [3.05, 3.63) is 44.8 Å². The van der Waals surface area contributed by atoms with Crippen LogP contribution in [0.3, 0.4) is 0 Å². The van der Waals surface area contributed by atoms with Gasteiger partial charge in [0.1, 0.15) is 5.75 Å². The van der Waals surface area contributed by atoms with E-state index in [-0.39, 0.29) is 0 Å². The highest BCUT2D eigenvalue weighted by molar-refractivity contribution is 9.10. The van der Waals surface area contributed by atoms with Gasteiger partial charge in [-0.2, -0.15) is 0 Å². The molecule has 0 fully saturated rings. The third-order valence-corrected chi connectivity index (χ3v) is 4.90. The number of nitrogens with zero attached hydrogens (tertiary/aromatic N) is 2. The van der Waals surface area contributed by atoms with Gasteiger partial charge in [0.2, 0.25) is 5.95 Å². The van der Waals surface area contributed by atoms with E-state index in [9.17, 15) is 0 Å². The summed E-state index contributed by atoms with van der Waals surface area (Å²) in [7, 11) is 1.60. The molecule has 108 valence electrons. The molecule has 3 aromatic rings. The Balaban J connectivity index is 2.30. The fraction of sp³-hybridized carbons (Fsp3) is 0.0714. The summed E-state index contributed by atoms with van der Waals surface area (Å²) in [5.74, 6) is 1.05. The van der Waals surface area contributed by atoms with Gasteiger partial charge in [-0.3, -0.25) is 4.57 Å². The Bertz CT molecular complexity index is 848. The zero-order valence-electron chi connectivity index (χ0n) is 10.9. The maximum Gasteiger partial charge on any atom is 0.205 e. The van der Waals surface area contributed by atoms with Crippen LogP contribution in [0.2, 0.25) is 10.0 Å². The van der Waals surface area contributed by atoms with Crippen LogP contribution in [0, 0.1) is 0 Å². The highest BCUT2D eigenvalue weighted by atomic mass is 79.9. The predicted octanol–water partition coefficient (Wildman–Crippen LogP) is 4.69. The molecule has 21 heavy (non-hydrogen) atoms. The first kappa shape index (κ1) is 14.5. The molecule has 1 aromatic heterocycles. The quantitative estimate of drug-likeness (QED) is 0.650. The van der Waals surface area contributed by atoms with Gasteiger partial charge in [-0.05, 0) is 40.2 Å². The van der Waals surface area contributed by atoms with Gasteiger partial charge in [-0.25, -0.2) is 4.98 Å². The summed E-state index contributed by atoms with van der Waals surface area (Å²) in [6, 6.07) is 9.19. The first-order valence-electron chi connectivity index (χ1n) is 5.98. The van der Waals surface area contributed by atoms with E-state index in [4.69, 9.17) is 33.7 Å². The van der Waals surface area contributed by atoms with E-state index in [0.29, 0.717) is 27.4 Å². The summed E-state index contributed by atoms with van der Waals surface area (Å²) in [4.78, 5) is 4.34. The summed E-state index contributed by atoms with van der Waals surface area (Å²) in [5.41, 5.74) is 8.26. The molecular formula is C14H10BrCl2N3O. The number of nitrogen functional groups attached to an aromatic ring is 1. The highest BCUT2D eigenvalue weighted by Gasteiger charge is 2.16. The predicted molar refractivity (Wildman–Crippen MR) is 89.8 cm³/mol. The fourth-order valence-electron chi connectivity index (χ4n) is 2.15. The standard InChI is InChI=1S/C14H10BrCl2N3O/c1-21-7-2-4-10-9(6-7)19-14(18)20(10)11-5-3-8(15)12(16)13(11)17/h2-6H,1H3,(H2,18,19). The summed E-state index contributed by atoms with van der Waals surface area (Å²) in [6.07, 6.45) is 0. The second kappa shape index (κ2) is 5.40. The van der Waals surface area contributed by atoms with Gasteiger partial charge in [0.15, 0.2) is 0 Å². The van der Waals surface area contributed by atoms with E-state index in [0.717, 1.165) is 15.5 Å². The minimum absolute atomic E-state index is 0.332. The molecule has 4 nitrogen and oxygen atoms in total. The second-order valence-electron chi connectivity index (χ2n) is 4.35. The third kappa shape index (κ3) is 2.35. The van der Waals surface area contributed by atoms with E-state index in [1.807, 2.05) is 30.3 Å². The number of methoxy groups -OCH3 is 1. The molecular weight excluding hydrogens is 377 g/mol. The molecule has 0 radical (unpaired) electrons. The molecule has 0 unspecified atom stereocenters. The smallest absolute Gasteiger partial charge is 0.205 e. The summed E-state index contributed by atoms with van der Waals surface area (Å²) < 4.78 is 7.68. The molecule has 2 N–H and O–H groups in total. The normalized spacial score (nSPS) is 11.0. The van der Waals surface area contributed by atoms with Gasteiger partial charge in [-0.1, -0.05) is 23.2 Å². The van der Waals surface area contributed by atoms with Crippen molar-refractivity contribution in [2.75, 3.05) is 12.8 Å². The second-order valence-corrected chi connectivity index (χ2v) is 5.96. The van der Waals surface area contributed by atoms with Crippen LogP contribution in [0.15, 0.2) is 34.8 Å². The number of anilines is 1. The molecule has 0 atom stereocenters. The van der Waals surface area contributed by atoms with Crippen molar-refractivity contribution in [3.8, 4) is 11.4 Å². The van der Waals surface area contributed by atoms with E-state index in [1.165, 1.54) is 0 Å². The van der Waals surface area contributed by atoms with Crippen molar-refractivity contribution in [1.82, 2.24) is 9.55 Å². The van der Waals surface area contributed by atoms with Gasteiger partial charge in [0.25, 0.3) is 0 Å². The number of benzene rings is 2. The van der Waals surface area contributed by atoms with Gasteiger partial charge in [0, 0.05) is 10.5 Å². The van der Waals surface area contributed by atoms with E-state index >= 15 is 0 Å². The van der Waals surface area contributed by atoms with Crippen molar-refractivity contribution in [1.29, 1.82) is 0 Å². The molecule has 0 aliphatic carbocycles. The summed E-state index contributed by atoms with van der Waals surface area (Å²) in [6.45, 7) is 0. The third-order valence-electron chi connectivity index (χ3n) is 3.14. The van der Waals surface area contributed by atoms with Crippen molar-refractivity contribution >= 4 is 56.1 Å². The minimum Gasteiger partial charge on any atom is -0.497 e. The van der Waals surface area contributed by atoms with E-state index < -0.39 is 0 Å². The number of nitrogens with two attached hydrogens (primary N) is 1. The number of halogens is 3. The fourth-order valence-corrected chi connectivity index (χ4v) is 3.00. The van der Waals surface area contributed by atoms with Crippen molar-refractivity contribution in [2.45, 2.75) is 0 Å². The summed E-state index contributed by atoms with van der Waals surface area (Å²) >= 11 is 15.8. The molecule has 3 rings (SSSR count). The Morgan fingerprint density at radius 3 is 2.67 bits per heavy atom. The van der Waals surface area contributed by atoms with Crippen molar-refractivity contribution in [3.63, 3.8) is 0 Å². The molecule has 0 amide bonds. The van der Waals surface area contributed by atoms with E-state index in [1.54, 1.807) is 11.7 Å². The lowest BCUT2D eigenvalue weighted by atomic mass is 10.2. The average molecular weight is 387 g/mol. The Labute approximate surface area is 139 Å². The van der Waals surface area contributed by atoms with Gasteiger partial charge in [-0.15, -0.1) is 0 Å². The molecule has 0 spiro atoms. The van der Waals surface area contributed by atoms with Crippen molar-refractivity contribution < 1.29 is 4.74 Å². The topological polar surface area (TPSA) is 53.1 Å². The van der Waals surface area contributed by atoms with Crippen LogP contribution in [0.1, 0.15) is 0 Å². The van der Waals surface area contributed by atoms with Crippen LogP contribution < -0.4 is 10.5 Å². The largest absolute Gasteiger partial charge is 0.497 e. The Morgan fingerprint density at radius 1 is 1.19 bits per heavy atom. The van der Waals surface area contributed by atoms with Crippen LogP contribution in [-0.2, 0) is 0 Å². The first-order valence-corrected chi connectivity index (χ1v) is 7.53. The first-order chi connectivity index (χ1) is 10.0. The average Bonchev–Trinajstić information content (AvgIpc) is 2.80. The summed E-state index contributed by atoms with van der Waals surface area (Å²) in [5, 5.41) is 0.844. The Hall–Kier alpha value is -1.43. The zero-order chi connectivity index (χ0) is 15.1. The number of fused-ring (bicyclic) bond motifs is 1. The molecule has 0 aliphatic heterocycles. The van der Waals surface area contributed by atoms with Crippen LogP contribution in [0.5, 0.6) is 5.75 Å². The monoisotopic (exact) mass is 385 g/mol. The molecule has 0 saturated carbocycles. The van der Waals surface area contributed by atoms with Crippen LogP contribution in [-0.4, -0.2) is 16.7 Å². The molecule has 2 aromatic carbocycles. The molecule has 0 saturated heterocycles. The maximum atomic E-state index is 6.33. The van der Waals surface area contributed by atoms with Crippen molar-refractivity contribution in [2.24, 2.45) is 0 Å². The van der Waals surface area contributed by atoms with E-state index in [2.05, 4.69) is 20.9 Å². The van der Waals surface area contributed by atoms with Crippen LogP contribution in [0.4, 0.5) is 5.95 Å². The Kier molecular flexibility index (Phi) is 3.73. The lowest BCUT2D eigenvalue weighted by Gasteiger charge is -2.11. The number of hydrogen-bond donors (Lipinski definition) is 1. The lowest BCUT2D eigenvalue weighted by molar-refractivity contribution is 0.415. The maximum absolute atomic E-state index is 6.33. The number of ether oxygens (including phenoxy) is 1. The molecule has 0 aliphatic rings. The van der Waals surface area contributed by atoms with Crippen LogP contribution in [0.25, 0.3) is 16.7 Å².